The number of hydrogen-bond acceptors (Lipinski definition) is 3. The first kappa shape index (κ1) is 19.3. The molecule has 0 atom stereocenters. The summed E-state index contributed by atoms with van der Waals surface area (Å²) >= 11 is 0. The minimum absolute atomic E-state index is 0.0156. The van der Waals surface area contributed by atoms with Crippen LogP contribution in [0, 0.1) is 0 Å². The first-order chi connectivity index (χ1) is 13.2. The van der Waals surface area contributed by atoms with Crippen molar-refractivity contribution in [2.24, 2.45) is 0 Å². The van der Waals surface area contributed by atoms with Crippen LogP contribution >= 0.6 is 0 Å². The van der Waals surface area contributed by atoms with Gasteiger partial charge < -0.3 is 10.2 Å². The standard InChI is InChI=1S/C23H28N2O2/c26-22(13-14-23(27)24-15-6-18-25-16-4-5-17-25)21-11-9-20(10-12-21)19-7-2-1-3-8-19/h1-3,7-12H,4-6,13-18H2,(H,24,27). The van der Waals surface area contributed by atoms with E-state index in [2.05, 4.69) is 10.2 Å². The Morgan fingerprint density at radius 2 is 1.52 bits per heavy atom. The van der Waals surface area contributed by atoms with E-state index in [1.165, 1.54) is 25.9 Å². The van der Waals surface area contributed by atoms with Crippen LogP contribution in [0.1, 0.15) is 42.5 Å². The van der Waals surface area contributed by atoms with Crippen LogP contribution in [0.25, 0.3) is 11.1 Å². The lowest BCUT2D eigenvalue weighted by Gasteiger charge is -2.14. The van der Waals surface area contributed by atoms with Crippen molar-refractivity contribution in [1.82, 2.24) is 10.2 Å². The lowest BCUT2D eigenvalue weighted by Crippen LogP contribution is -2.28. The Hall–Kier alpha value is -2.46. The molecule has 1 saturated heterocycles. The quantitative estimate of drug-likeness (QED) is 0.542. The van der Waals surface area contributed by atoms with Gasteiger partial charge in [-0.25, -0.2) is 0 Å². The molecule has 0 unspecified atom stereocenters. The third-order valence-electron chi connectivity index (χ3n) is 5.07. The van der Waals surface area contributed by atoms with Crippen LogP contribution in [0.15, 0.2) is 54.6 Å². The smallest absolute Gasteiger partial charge is 0.220 e. The molecule has 27 heavy (non-hydrogen) atoms. The highest BCUT2D eigenvalue weighted by molar-refractivity contribution is 5.98. The fourth-order valence-electron chi connectivity index (χ4n) is 3.48. The van der Waals surface area contributed by atoms with Crippen molar-refractivity contribution in [3.05, 3.63) is 60.2 Å². The highest BCUT2D eigenvalue weighted by Gasteiger charge is 2.12. The molecule has 2 aromatic rings. The maximum absolute atomic E-state index is 12.3. The zero-order valence-corrected chi connectivity index (χ0v) is 15.8. The van der Waals surface area contributed by atoms with Crippen molar-refractivity contribution in [3.63, 3.8) is 0 Å². The molecule has 3 rings (SSSR count). The van der Waals surface area contributed by atoms with Crippen molar-refractivity contribution in [1.29, 1.82) is 0 Å². The van der Waals surface area contributed by atoms with Crippen molar-refractivity contribution >= 4 is 11.7 Å². The van der Waals surface area contributed by atoms with E-state index in [4.69, 9.17) is 0 Å². The lowest BCUT2D eigenvalue weighted by molar-refractivity contribution is -0.121. The molecule has 0 aromatic heterocycles. The molecule has 2 aromatic carbocycles. The summed E-state index contributed by atoms with van der Waals surface area (Å²) in [6.07, 6.45) is 4.06. The number of nitrogens with one attached hydrogen (secondary N) is 1. The number of Topliss-reactive ketones (excluding diaryl/α,β-unsaturated/α-hetero) is 1. The summed E-state index contributed by atoms with van der Waals surface area (Å²) in [5, 5.41) is 2.93. The molecule has 4 heteroatoms. The zero-order valence-electron chi connectivity index (χ0n) is 15.8. The van der Waals surface area contributed by atoms with Gasteiger partial charge in [-0.2, -0.15) is 0 Å². The molecular weight excluding hydrogens is 336 g/mol. The fourth-order valence-corrected chi connectivity index (χ4v) is 3.48. The summed E-state index contributed by atoms with van der Waals surface area (Å²) in [6, 6.07) is 17.7. The van der Waals surface area contributed by atoms with Crippen LogP contribution in [-0.2, 0) is 4.79 Å². The minimum Gasteiger partial charge on any atom is -0.356 e. The van der Waals surface area contributed by atoms with E-state index in [9.17, 15) is 9.59 Å². The topological polar surface area (TPSA) is 49.4 Å². The van der Waals surface area contributed by atoms with E-state index in [-0.39, 0.29) is 24.5 Å². The maximum Gasteiger partial charge on any atom is 0.220 e. The summed E-state index contributed by atoms with van der Waals surface area (Å²) in [5.41, 5.74) is 2.88. The van der Waals surface area contributed by atoms with Crippen LogP contribution in [0.2, 0.25) is 0 Å². The minimum atomic E-state index is -0.0364. The maximum atomic E-state index is 12.3. The number of carbonyl (C=O) groups excluding carboxylic acids is 2. The van der Waals surface area contributed by atoms with Crippen LogP contribution in [-0.4, -0.2) is 42.8 Å². The molecular formula is C23H28N2O2. The Bertz CT molecular complexity index is 735. The number of hydrogen-bond donors (Lipinski definition) is 1. The summed E-state index contributed by atoms with van der Waals surface area (Å²) < 4.78 is 0. The van der Waals surface area contributed by atoms with Gasteiger partial charge in [-0.05, 0) is 50.0 Å². The second-order valence-corrected chi connectivity index (χ2v) is 7.12. The van der Waals surface area contributed by atoms with Gasteiger partial charge in [-0.1, -0.05) is 54.6 Å². The molecule has 0 spiro atoms. The molecule has 0 radical (unpaired) electrons. The number of ketones is 1. The molecule has 1 N–H and O–H groups in total. The van der Waals surface area contributed by atoms with Gasteiger partial charge in [-0.15, -0.1) is 0 Å². The van der Waals surface area contributed by atoms with E-state index < -0.39 is 0 Å². The lowest BCUT2D eigenvalue weighted by atomic mass is 10.0. The van der Waals surface area contributed by atoms with E-state index in [0.717, 1.165) is 24.1 Å². The van der Waals surface area contributed by atoms with E-state index in [1.807, 2.05) is 54.6 Å². The fraction of sp³-hybridized carbons (Fsp3) is 0.391. The summed E-state index contributed by atoms with van der Waals surface area (Å²) in [7, 11) is 0. The molecule has 0 bridgehead atoms. The van der Waals surface area contributed by atoms with E-state index >= 15 is 0 Å². The van der Waals surface area contributed by atoms with Crippen LogP contribution in [0.5, 0.6) is 0 Å². The van der Waals surface area contributed by atoms with Gasteiger partial charge in [0.15, 0.2) is 5.78 Å². The van der Waals surface area contributed by atoms with Crippen LogP contribution < -0.4 is 5.32 Å². The van der Waals surface area contributed by atoms with Gasteiger partial charge in [-0.3, -0.25) is 9.59 Å². The highest BCUT2D eigenvalue weighted by atomic mass is 16.2. The predicted octanol–water partition coefficient (Wildman–Crippen LogP) is 3.92. The van der Waals surface area contributed by atoms with Crippen molar-refractivity contribution in [3.8, 4) is 11.1 Å². The number of amides is 1. The second kappa shape index (κ2) is 10.0. The van der Waals surface area contributed by atoms with Crippen molar-refractivity contribution in [2.75, 3.05) is 26.2 Å². The van der Waals surface area contributed by atoms with Gasteiger partial charge in [0.05, 0.1) is 0 Å². The van der Waals surface area contributed by atoms with Crippen LogP contribution in [0.3, 0.4) is 0 Å². The number of likely N-dealkylation sites (tertiary alicyclic amines) is 1. The summed E-state index contributed by atoms with van der Waals surface area (Å²) in [6.45, 7) is 4.11. The Labute approximate surface area is 161 Å². The molecule has 1 amide bonds. The summed E-state index contributed by atoms with van der Waals surface area (Å²) in [5.74, 6) is -0.0208. The zero-order chi connectivity index (χ0) is 18.9. The molecule has 4 nitrogen and oxygen atoms in total. The summed E-state index contributed by atoms with van der Waals surface area (Å²) in [4.78, 5) is 26.7. The molecule has 0 aliphatic carbocycles. The molecule has 1 fully saturated rings. The van der Waals surface area contributed by atoms with Crippen molar-refractivity contribution < 1.29 is 9.59 Å². The third kappa shape index (κ3) is 6.04. The van der Waals surface area contributed by atoms with Gasteiger partial charge in [0.1, 0.15) is 0 Å². The Morgan fingerprint density at radius 1 is 0.852 bits per heavy atom. The van der Waals surface area contributed by atoms with Gasteiger partial charge >= 0.3 is 0 Å². The average molecular weight is 364 g/mol. The van der Waals surface area contributed by atoms with E-state index in [1.54, 1.807) is 0 Å². The van der Waals surface area contributed by atoms with Crippen LogP contribution in [0.4, 0.5) is 0 Å². The molecule has 1 aliphatic heterocycles. The normalized spacial score (nSPS) is 14.2. The van der Waals surface area contributed by atoms with Gasteiger partial charge in [0, 0.05) is 24.9 Å². The monoisotopic (exact) mass is 364 g/mol. The number of nitrogens with zero attached hydrogens (tertiary/aromatic N) is 1. The second-order valence-electron chi connectivity index (χ2n) is 7.12. The Morgan fingerprint density at radius 3 is 2.22 bits per heavy atom. The molecule has 1 aliphatic rings. The molecule has 142 valence electrons. The SMILES string of the molecule is O=C(CCC(=O)c1ccc(-c2ccccc2)cc1)NCCCN1CCCC1. The van der Waals surface area contributed by atoms with Gasteiger partial charge in [0.2, 0.25) is 5.91 Å². The van der Waals surface area contributed by atoms with E-state index in [0.29, 0.717) is 12.1 Å². The first-order valence-corrected chi connectivity index (χ1v) is 9.90. The largest absolute Gasteiger partial charge is 0.356 e. The number of carbonyl (C=O) groups is 2. The highest BCUT2D eigenvalue weighted by Crippen LogP contribution is 2.19. The third-order valence-corrected chi connectivity index (χ3v) is 5.07. The predicted molar refractivity (Wildman–Crippen MR) is 109 cm³/mol. The molecule has 0 saturated carbocycles. The number of benzene rings is 2. The first-order valence-electron chi connectivity index (χ1n) is 9.90. The average Bonchev–Trinajstić information content (AvgIpc) is 3.24. The Balaban J connectivity index is 1.37. The van der Waals surface area contributed by atoms with Gasteiger partial charge in [0.25, 0.3) is 0 Å². The molecule has 1 heterocycles. The Kier molecular flexibility index (Phi) is 7.17. The van der Waals surface area contributed by atoms with Crippen molar-refractivity contribution in [2.45, 2.75) is 32.1 Å². The number of rotatable bonds is 9.